The van der Waals surface area contributed by atoms with Crippen LogP contribution in [0.3, 0.4) is 0 Å². The van der Waals surface area contributed by atoms with Gasteiger partial charge in [-0.3, -0.25) is 9.52 Å². The predicted octanol–water partition coefficient (Wildman–Crippen LogP) is 3.62. The topological polar surface area (TPSA) is 75.7 Å². The number of benzene rings is 2. The van der Waals surface area contributed by atoms with Gasteiger partial charge >= 0.3 is 6.36 Å². The standard InChI is InChI=1S/C18H17F3N2O4S/c19-18(20,21)27-15-4-3-5-16(12-15)28(25,26)22-14-8-6-13(7-9-14)17(24)23-10-1-2-11-23/h3-9,12,22H,1-2,10-11H2. The highest BCUT2D eigenvalue weighted by Gasteiger charge is 2.31. The summed E-state index contributed by atoms with van der Waals surface area (Å²) in [6.07, 6.45) is -3.00. The third-order valence-corrected chi connectivity index (χ3v) is 5.51. The van der Waals surface area contributed by atoms with Crippen molar-refractivity contribution in [3.8, 4) is 5.75 Å². The van der Waals surface area contributed by atoms with Gasteiger partial charge in [0.15, 0.2) is 0 Å². The van der Waals surface area contributed by atoms with Gasteiger partial charge in [0.1, 0.15) is 5.75 Å². The first kappa shape index (κ1) is 20.0. The first-order valence-electron chi connectivity index (χ1n) is 8.42. The molecule has 0 unspecified atom stereocenters. The van der Waals surface area contributed by atoms with Crippen molar-refractivity contribution in [1.82, 2.24) is 4.90 Å². The normalized spacial score (nSPS) is 14.8. The molecule has 1 amide bonds. The van der Waals surface area contributed by atoms with Crippen LogP contribution in [0.25, 0.3) is 0 Å². The molecule has 0 atom stereocenters. The number of sulfonamides is 1. The van der Waals surface area contributed by atoms with Crippen LogP contribution in [0, 0.1) is 0 Å². The molecule has 2 aromatic carbocycles. The number of halogens is 3. The summed E-state index contributed by atoms with van der Waals surface area (Å²) >= 11 is 0. The van der Waals surface area contributed by atoms with E-state index in [1.54, 1.807) is 4.90 Å². The molecule has 1 fully saturated rings. The number of amides is 1. The quantitative estimate of drug-likeness (QED) is 0.811. The van der Waals surface area contributed by atoms with E-state index in [1.807, 2.05) is 0 Å². The molecule has 1 aliphatic rings. The maximum Gasteiger partial charge on any atom is 0.573 e. The molecule has 1 N–H and O–H groups in total. The number of nitrogens with one attached hydrogen (secondary N) is 1. The number of ether oxygens (including phenoxy) is 1. The molecule has 0 spiro atoms. The Bertz CT molecular complexity index is 954. The SMILES string of the molecule is O=C(c1ccc(NS(=O)(=O)c2cccc(OC(F)(F)F)c2)cc1)N1CCCC1. The Morgan fingerprint density at radius 1 is 1.04 bits per heavy atom. The van der Waals surface area contributed by atoms with Crippen molar-refractivity contribution in [2.45, 2.75) is 24.1 Å². The van der Waals surface area contributed by atoms with E-state index in [4.69, 9.17) is 0 Å². The molecule has 6 nitrogen and oxygen atoms in total. The monoisotopic (exact) mass is 414 g/mol. The van der Waals surface area contributed by atoms with Gasteiger partial charge in [0, 0.05) is 30.4 Å². The molecular formula is C18H17F3N2O4S. The first-order chi connectivity index (χ1) is 13.1. The molecule has 0 radical (unpaired) electrons. The molecule has 28 heavy (non-hydrogen) atoms. The lowest BCUT2D eigenvalue weighted by molar-refractivity contribution is -0.274. The summed E-state index contributed by atoms with van der Waals surface area (Å²) in [6, 6.07) is 9.94. The maximum atomic E-state index is 12.4. The van der Waals surface area contributed by atoms with Crippen LogP contribution >= 0.6 is 0 Å². The van der Waals surface area contributed by atoms with Gasteiger partial charge in [0.05, 0.1) is 4.90 Å². The highest BCUT2D eigenvalue weighted by atomic mass is 32.2. The Morgan fingerprint density at radius 2 is 1.68 bits per heavy atom. The van der Waals surface area contributed by atoms with E-state index in [-0.39, 0.29) is 16.5 Å². The molecule has 0 aromatic heterocycles. The average molecular weight is 414 g/mol. The van der Waals surface area contributed by atoms with Gasteiger partial charge in [-0.05, 0) is 49.2 Å². The summed E-state index contributed by atoms with van der Waals surface area (Å²) in [7, 11) is -4.13. The van der Waals surface area contributed by atoms with E-state index in [9.17, 15) is 26.4 Å². The fourth-order valence-corrected chi connectivity index (χ4v) is 3.93. The first-order valence-corrected chi connectivity index (χ1v) is 9.90. The zero-order valence-electron chi connectivity index (χ0n) is 14.6. The number of likely N-dealkylation sites (tertiary alicyclic amines) is 1. The summed E-state index contributed by atoms with van der Waals surface area (Å²) in [5.74, 6) is -0.758. The second-order valence-corrected chi connectivity index (χ2v) is 7.89. The van der Waals surface area contributed by atoms with Crippen LogP contribution in [0.4, 0.5) is 18.9 Å². The van der Waals surface area contributed by atoms with E-state index in [0.29, 0.717) is 18.7 Å². The Balaban J connectivity index is 1.73. The van der Waals surface area contributed by atoms with Crippen LogP contribution in [0.2, 0.25) is 0 Å². The Hall–Kier alpha value is -2.75. The molecule has 10 heteroatoms. The van der Waals surface area contributed by atoms with Gasteiger partial charge in [-0.2, -0.15) is 0 Å². The Morgan fingerprint density at radius 3 is 2.29 bits per heavy atom. The van der Waals surface area contributed by atoms with E-state index in [1.165, 1.54) is 24.3 Å². The lowest BCUT2D eigenvalue weighted by Gasteiger charge is -2.15. The molecule has 1 heterocycles. The number of anilines is 1. The summed E-state index contributed by atoms with van der Waals surface area (Å²) in [5, 5.41) is 0. The maximum absolute atomic E-state index is 12.4. The number of hydrogen-bond donors (Lipinski definition) is 1. The van der Waals surface area contributed by atoms with Crippen molar-refractivity contribution < 1.29 is 31.1 Å². The number of alkyl halides is 3. The Labute approximate surface area is 160 Å². The third kappa shape index (κ3) is 4.94. The molecule has 0 saturated carbocycles. The molecule has 150 valence electrons. The van der Waals surface area contributed by atoms with Crippen molar-refractivity contribution in [2.24, 2.45) is 0 Å². The average Bonchev–Trinajstić information content (AvgIpc) is 3.15. The number of hydrogen-bond acceptors (Lipinski definition) is 4. The van der Waals surface area contributed by atoms with Crippen LogP contribution in [0.1, 0.15) is 23.2 Å². The summed E-state index contributed by atoms with van der Waals surface area (Å²) < 4.78 is 67.8. The number of carbonyl (C=O) groups excluding carboxylic acids is 1. The molecular weight excluding hydrogens is 397 g/mol. The molecule has 1 saturated heterocycles. The lowest BCUT2D eigenvalue weighted by Crippen LogP contribution is -2.27. The van der Waals surface area contributed by atoms with Crippen LogP contribution in [0.15, 0.2) is 53.4 Å². The largest absolute Gasteiger partial charge is 0.573 e. The molecule has 3 rings (SSSR count). The zero-order valence-corrected chi connectivity index (χ0v) is 15.4. The van der Waals surface area contributed by atoms with Gasteiger partial charge in [0.25, 0.3) is 15.9 Å². The number of carbonyl (C=O) groups is 1. The molecule has 0 bridgehead atoms. The summed E-state index contributed by atoms with van der Waals surface area (Å²) in [5.41, 5.74) is 0.616. The van der Waals surface area contributed by atoms with E-state index in [2.05, 4.69) is 9.46 Å². The van der Waals surface area contributed by atoms with Crippen LogP contribution < -0.4 is 9.46 Å². The fourth-order valence-electron chi connectivity index (χ4n) is 2.84. The van der Waals surface area contributed by atoms with Gasteiger partial charge in [0.2, 0.25) is 0 Å². The van der Waals surface area contributed by atoms with Gasteiger partial charge in [-0.25, -0.2) is 8.42 Å². The lowest BCUT2D eigenvalue weighted by atomic mass is 10.2. The van der Waals surface area contributed by atoms with Crippen LogP contribution in [-0.2, 0) is 10.0 Å². The second-order valence-electron chi connectivity index (χ2n) is 6.20. The number of rotatable bonds is 5. The smallest absolute Gasteiger partial charge is 0.406 e. The van der Waals surface area contributed by atoms with E-state index >= 15 is 0 Å². The summed E-state index contributed by atoms with van der Waals surface area (Å²) in [6.45, 7) is 1.40. The highest BCUT2D eigenvalue weighted by molar-refractivity contribution is 7.92. The second kappa shape index (κ2) is 7.70. The van der Waals surface area contributed by atoms with E-state index in [0.717, 1.165) is 37.1 Å². The number of nitrogens with zero attached hydrogens (tertiary/aromatic N) is 1. The van der Waals surface area contributed by atoms with Crippen molar-refractivity contribution in [2.75, 3.05) is 17.8 Å². The Kier molecular flexibility index (Phi) is 5.50. The predicted molar refractivity (Wildman–Crippen MR) is 95.5 cm³/mol. The highest BCUT2D eigenvalue weighted by Crippen LogP contribution is 2.26. The van der Waals surface area contributed by atoms with Crippen LogP contribution in [-0.4, -0.2) is 38.7 Å². The van der Waals surface area contributed by atoms with Gasteiger partial charge in [-0.15, -0.1) is 13.2 Å². The van der Waals surface area contributed by atoms with Crippen molar-refractivity contribution in [3.05, 3.63) is 54.1 Å². The minimum Gasteiger partial charge on any atom is -0.406 e. The molecule has 0 aliphatic carbocycles. The van der Waals surface area contributed by atoms with Gasteiger partial charge in [-0.1, -0.05) is 6.07 Å². The van der Waals surface area contributed by atoms with Crippen molar-refractivity contribution >= 4 is 21.6 Å². The zero-order chi connectivity index (χ0) is 20.4. The van der Waals surface area contributed by atoms with Gasteiger partial charge < -0.3 is 9.64 Å². The minimum atomic E-state index is -4.92. The van der Waals surface area contributed by atoms with Crippen molar-refractivity contribution in [1.29, 1.82) is 0 Å². The van der Waals surface area contributed by atoms with E-state index < -0.39 is 22.1 Å². The van der Waals surface area contributed by atoms with Crippen LogP contribution in [0.5, 0.6) is 5.75 Å². The molecule has 1 aliphatic heterocycles. The molecule has 2 aromatic rings. The minimum absolute atomic E-state index is 0.121. The third-order valence-electron chi connectivity index (χ3n) is 4.13. The summed E-state index contributed by atoms with van der Waals surface area (Å²) in [4.78, 5) is 13.6. The van der Waals surface area contributed by atoms with Crippen molar-refractivity contribution in [3.63, 3.8) is 0 Å². The fraction of sp³-hybridized carbons (Fsp3) is 0.278.